The number of para-hydroxylation sites is 1. The van der Waals surface area contributed by atoms with Gasteiger partial charge in [-0.3, -0.25) is 9.52 Å². The molecule has 0 radical (unpaired) electrons. The third kappa shape index (κ3) is 5.99. The van der Waals surface area contributed by atoms with Crippen LogP contribution in [0.25, 0.3) is 0 Å². The quantitative estimate of drug-likeness (QED) is 0.483. The molecule has 162 valence electrons. The molecule has 1 atom stereocenters. The summed E-state index contributed by atoms with van der Waals surface area (Å²) in [7, 11) is -3.77. The fourth-order valence-corrected chi connectivity index (χ4v) is 4.02. The molecule has 0 aromatic heterocycles. The summed E-state index contributed by atoms with van der Waals surface area (Å²) in [6.07, 6.45) is -0.187. The summed E-state index contributed by atoms with van der Waals surface area (Å²) >= 11 is 5.82. The van der Waals surface area contributed by atoms with Crippen LogP contribution in [0.2, 0.25) is 5.02 Å². The van der Waals surface area contributed by atoms with Crippen molar-refractivity contribution in [1.82, 2.24) is 0 Å². The summed E-state index contributed by atoms with van der Waals surface area (Å²) < 4.78 is 33.5. The van der Waals surface area contributed by atoms with Gasteiger partial charge in [0.05, 0.1) is 4.90 Å². The molecule has 6 nitrogen and oxygen atoms in total. The minimum absolute atomic E-state index is 0.0728. The molecule has 3 aromatic carbocycles. The Kier molecular flexibility index (Phi) is 7.20. The first-order chi connectivity index (χ1) is 14.8. The van der Waals surface area contributed by atoms with E-state index < -0.39 is 16.1 Å². The van der Waals surface area contributed by atoms with Gasteiger partial charge in [-0.05, 0) is 73.5 Å². The number of hydrogen-bond acceptors (Lipinski definition) is 4. The monoisotopic (exact) mass is 458 g/mol. The highest BCUT2D eigenvalue weighted by Crippen LogP contribution is 2.22. The van der Waals surface area contributed by atoms with Crippen LogP contribution in [0.1, 0.15) is 18.9 Å². The Morgan fingerprint density at radius 2 is 1.58 bits per heavy atom. The van der Waals surface area contributed by atoms with Gasteiger partial charge >= 0.3 is 0 Å². The molecule has 0 aliphatic carbocycles. The van der Waals surface area contributed by atoms with E-state index in [2.05, 4.69) is 10.0 Å². The van der Waals surface area contributed by atoms with E-state index in [1.54, 1.807) is 24.3 Å². The number of aryl methyl sites for hydroxylation is 1. The zero-order chi connectivity index (χ0) is 22.4. The summed E-state index contributed by atoms with van der Waals surface area (Å²) in [4.78, 5) is 12.7. The maximum absolute atomic E-state index is 12.6. The Labute approximate surface area is 187 Å². The Balaban J connectivity index is 1.67. The number of ether oxygens (including phenoxy) is 1. The van der Waals surface area contributed by atoms with Gasteiger partial charge in [-0.25, -0.2) is 8.42 Å². The van der Waals surface area contributed by atoms with E-state index in [4.69, 9.17) is 16.3 Å². The maximum Gasteiger partial charge on any atom is 0.265 e. The first-order valence-corrected chi connectivity index (χ1v) is 11.6. The summed E-state index contributed by atoms with van der Waals surface area (Å²) in [5, 5.41) is 3.29. The number of nitrogens with one attached hydrogen (secondary N) is 2. The molecule has 3 aromatic rings. The smallest absolute Gasteiger partial charge is 0.265 e. The van der Waals surface area contributed by atoms with E-state index in [0.29, 0.717) is 28.6 Å². The number of carbonyl (C=O) groups is 1. The molecule has 0 bridgehead atoms. The second-order valence-electron chi connectivity index (χ2n) is 6.91. The van der Waals surface area contributed by atoms with Crippen LogP contribution in [-0.4, -0.2) is 20.4 Å². The Morgan fingerprint density at radius 1 is 0.968 bits per heavy atom. The number of rotatable bonds is 8. The fraction of sp³-hybridized carbons (Fsp3) is 0.174. The molecular weight excluding hydrogens is 436 g/mol. The Morgan fingerprint density at radius 3 is 2.19 bits per heavy atom. The van der Waals surface area contributed by atoms with Gasteiger partial charge in [-0.15, -0.1) is 0 Å². The van der Waals surface area contributed by atoms with Crippen LogP contribution in [-0.2, 0) is 14.8 Å². The molecule has 8 heteroatoms. The predicted octanol–water partition coefficient (Wildman–Crippen LogP) is 5.25. The lowest BCUT2D eigenvalue weighted by Gasteiger charge is -2.18. The third-order valence-electron chi connectivity index (χ3n) is 4.55. The van der Waals surface area contributed by atoms with Gasteiger partial charge in [0.15, 0.2) is 6.10 Å². The van der Waals surface area contributed by atoms with Crippen molar-refractivity contribution in [2.75, 3.05) is 10.0 Å². The average Bonchev–Trinajstić information content (AvgIpc) is 2.75. The van der Waals surface area contributed by atoms with Crippen LogP contribution in [0.3, 0.4) is 0 Å². The summed E-state index contributed by atoms with van der Waals surface area (Å²) in [5.41, 5.74) is 1.82. The van der Waals surface area contributed by atoms with Crippen molar-refractivity contribution in [2.45, 2.75) is 31.3 Å². The number of anilines is 2. The zero-order valence-electron chi connectivity index (χ0n) is 17.1. The highest BCUT2D eigenvalue weighted by molar-refractivity contribution is 7.92. The summed E-state index contributed by atoms with van der Waals surface area (Å²) in [5.74, 6) is 0.347. The largest absolute Gasteiger partial charge is 0.480 e. The number of amides is 1. The molecule has 0 saturated carbocycles. The number of hydrogen-bond donors (Lipinski definition) is 2. The van der Waals surface area contributed by atoms with Crippen LogP contribution in [0.15, 0.2) is 77.7 Å². The topological polar surface area (TPSA) is 84.5 Å². The lowest BCUT2D eigenvalue weighted by atomic mass is 10.2. The second-order valence-corrected chi connectivity index (χ2v) is 9.03. The molecule has 31 heavy (non-hydrogen) atoms. The van der Waals surface area contributed by atoms with Crippen molar-refractivity contribution in [1.29, 1.82) is 0 Å². The molecule has 1 amide bonds. The van der Waals surface area contributed by atoms with E-state index in [9.17, 15) is 13.2 Å². The minimum Gasteiger partial charge on any atom is -0.480 e. The lowest BCUT2D eigenvalue weighted by Crippen LogP contribution is -2.32. The SMILES string of the molecule is CC[C@@H](Oc1ccccc1C)C(=O)Nc1ccc(S(=O)(=O)Nc2ccc(Cl)cc2)cc1. The fourth-order valence-electron chi connectivity index (χ4n) is 2.84. The first kappa shape index (κ1) is 22.7. The highest BCUT2D eigenvalue weighted by atomic mass is 35.5. The van der Waals surface area contributed by atoms with Gasteiger partial charge in [0.2, 0.25) is 0 Å². The van der Waals surface area contributed by atoms with Crippen LogP contribution in [0, 0.1) is 6.92 Å². The van der Waals surface area contributed by atoms with Crippen LogP contribution >= 0.6 is 11.6 Å². The number of benzene rings is 3. The molecule has 0 spiro atoms. The van der Waals surface area contributed by atoms with Crippen LogP contribution in [0.4, 0.5) is 11.4 Å². The Bertz CT molecular complexity index is 1150. The minimum atomic E-state index is -3.77. The second kappa shape index (κ2) is 9.85. The maximum atomic E-state index is 12.6. The van der Waals surface area contributed by atoms with Gasteiger partial charge in [0.25, 0.3) is 15.9 Å². The first-order valence-electron chi connectivity index (χ1n) is 9.70. The van der Waals surface area contributed by atoms with Crippen molar-refractivity contribution in [2.24, 2.45) is 0 Å². The Hall–Kier alpha value is -3.03. The van der Waals surface area contributed by atoms with E-state index in [1.807, 2.05) is 38.1 Å². The van der Waals surface area contributed by atoms with E-state index in [0.717, 1.165) is 5.56 Å². The lowest BCUT2D eigenvalue weighted by molar-refractivity contribution is -0.122. The highest BCUT2D eigenvalue weighted by Gasteiger charge is 2.20. The van der Waals surface area contributed by atoms with Crippen molar-refractivity contribution < 1.29 is 17.9 Å². The summed E-state index contributed by atoms with van der Waals surface area (Å²) in [6, 6.07) is 19.8. The van der Waals surface area contributed by atoms with E-state index in [-0.39, 0.29) is 10.8 Å². The molecule has 3 rings (SSSR count). The molecule has 0 fully saturated rings. The molecule has 0 saturated heterocycles. The van der Waals surface area contributed by atoms with Gasteiger partial charge in [0.1, 0.15) is 5.75 Å². The molecule has 2 N–H and O–H groups in total. The van der Waals surface area contributed by atoms with E-state index >= 15 is 0 Å². The van der Waals surface area contributed by atoms with Gasteiger partial charge in [-0.1, -0.05) is 36.7 Å². The van der Waals surface area contributed by atoms with Crippen molar-refractivity contribution in [3.05, 3.63) is 83.4 Å². The molecular formula is C23H23ClN2O4S. The molecule has 0 heterocycles. The normalized spacial score (nSPS) is 12.1. The van der Waals surface area contributed by atoms with Crippen molar-refractivity contribution in [3.63, 3.8) is 0 Å². The number of carbonyl (C=O) groups excluding carboxylic acids is 1. The van der Waals surface area contributed by atoms with Gasteiger partial charge in [-0.2, -0.15) is 0 Å². The third-order valence-corrected chi connectivity index (χ3v) is 6.20. The number of sulfonamides is 1. The molecule has 0 aliphatic heterocycles. The van der Waals surface area contributed by atoms with Crippen molar-refractivity contribution in [3.8, 4) is 5.75 Å². The average molecular weight is 459 g/mol. The molecule has 0 aliphatic rings. The zero-order valence-corrected chi connectivity index (χ0v) is 18.7. The van der Waals surface area contributed by atoms with Crippen LogP contribution in [0.5, 0.6) is 5.75 Å². The van der Waals surface area contributed by atoms with Gasteiger partial charge in [0, 0.05) is 16.4 Å². The standard InChI is InChI=1S/C23H23ClN2O4S/c1-3-21(30-22-7-5-4-6-16(22)2)23(27)25-18-12-14-20(15-13-18)31(28,29)26-19-10-8-17(24)9-11-19/h4-15,21,26H,3H2,1-2H3,(H,25,27)/t21-/m1/s1. The summed E-state index contributed by atoms with van der Waals surface area (Å²) in [6.45, 7) is 3.78. The molecule has 0 unspecified atom stereocenters. The predicted molar refractivity (Wildman–Crippen MR) is 123 cm³/mol. The van der Waals surface area contributed by atoms with E-state index in [1.165, 1.54) is 24.3 Å². The van der Waals surface area contributed by atoms with Crippen LogP contribution < -0.4 is 14.8 Å². The van der Waals surface area contributed by atoms with Gasteiger partial charge < -0.3 is 10.1 Å². The van der Waals surface area contributed by atoms with Crippen molar-refractivity contribution >= 4 is 38.9 Å². The number of halogens is 1.